The molecule has 48 heavy (non-hydrogen) atoms. The van der Waals surface area contributed by atoms with Crippen LogP contribution in [-0.2, 0) is 27.5 Å². The van der Waals surface area contributed by atoms with Gasteiger partial charge in [0.05, 0.1) is 49.9 Å². The summed E-state index contributed by atoms with van der Waals surface area (Å²) >= 11 is 0. The topological polar surface area (TPSA) is 100 Å². The highest BCUT2D eigenvalue weighted by molar-refractivity contribution is 5.89. The standard InChI is InChI=1S/C37H46N8O3/c1-29-9-11-35(40-23-29)44-19-15-42(16-20-44)33(27-47-25-31-7-3-5-13-38-31)37(46)34(28-48-26-32-8-4-6-14-39-32)43-17-21-45(22-18-43)36-12-10-30(2)24-41-36/h3-14,23-24,33-34H,15-22,25-28H2,1-2H3. The molecule has 252 valence electrons. The molecule has 0 radical (unpaired) electrons. The Kier molecular flexibility index (Phi) is 11.7. The summed E-state index contributed by atoms with van der Waals surface area (Å²) in [6.07, 6.45) is 7.34. The number of rotatable bonds is 14. The number of aryl methyl sites for hydroxylation is 2. The van der Waals surface area contributed by atoms with Crippen molar-refractivity contribution in [2.45, 2.75) is 39.1 Å². The molecule has 0 bridgehead atoms. The summed E-state index contributed by atoms with van der Waals surface area (Å²) in [6, 6.07) is 19.1. The Bertz CT molecular complexity index is 1430. The number of ether oxygens (including phenoxy) is 2. The largest absolute Gasteiger partial charge is 0.373 e. The molecule has 6 heterocycles. The van der Waals surface area contributed by atoms with Crippen molar-refractivity contribution in [1.82, 2.24) is 29.7 Å². The Labute approximate surface area is 283 Å². The minimum absolute atomic E-state index is 0.126. The first kappa shape index (κ1) is 33.6. The lowest BCUT2D eigenvalue weighted by atomic mass is 10.0. The fourth-order valence-corrected chi connectivity index (χ4v) is 6.29. The van der Waals surface area contributed by atoms with E-state index < -0.39 is 12.1 Å². The number of hydrogen-bond acceptors (Lipinski definition) is 11. The number of Topliss-reactive ketones (excluding diaryl/α,β-unsaturated/α-hetero) is 1. The maximum atomic E-state index is 14.8. The fourth-order valence-electron chi connectivity index (χ4n) is 6.29. The van der Waals surface area contributed by atoms with E-state index in [0.29, 0.717) is 13.2 Å². The SMILES string of the molecule is Cc1ccc(N2CCN(C(COCc3ccccn3)C(=O)C(COCc3ccccn3)N3CCN(c4ccc(C)cn4)CC3)CC2)nc1. The molecule has 0 amide bonds. The van der Waals surface area contributed by atoms with Crippen LogP contribution in [0.3, 0.4) is 0 Å². The van der Waals surface area contributed by atoms with Crippen LogP contribution in [0.4, 0.5) is 11.6 Å². The normalized spacial score (nSPS) is 17.3. The second-order valence-corrected chi connectivity index (χ2v) is 12.5. The van der Waals surface area contributed by atoms with Gasteiger partial charge in [-0.05, 0) is 61.4 Å². The van der Waals surface area contributed by atoms with Crippen molar-refractivity contribution in [1.29, 1.82) is 0 Å². The minimum Gasteiger partial charge on any atom is -0.373 e. The molecule has 0 N–H and O–H groups in total. The number of carbonyl (C=O) groups is 1. The van der Waals surface area contributed by atoms with Gasteiger partial charge >= 0.3 is 0 Å². The average molecular weight is 651 g/mol. The highest BCUT2D eigenvalue weighted by atomic mass is 16.5. The number of carbonyl (C=O) groups excluding carboxylic acids is 1. The lowest BCUT2D eigenvalue weighted by molar-refractivity contribution is -0.135. The van der Waals surface area contributed by atoms with Crippen LogP contribution in [0.15, 0.2) is 85.5 Å². The van der Waals surface area contributed by atoms with Crippen molar-refractivity contribution in [2.75, 3.05) is 75.4 Å². The molecule has 4 aromatic heterocycles. The van der Waals surface area contributed by atoms with Crippen molar-refractivity contribution in [3.05, 3.63) is 108 Å². The van der Waals surface area contributed by atoms with E-state index in [-0.39, 0.29) is 19.0 Å². The van der Waals surface area contributed by atoms with Gasteiger partial charge in [-0.15, -0.1) is 0 Å². The van der Waals surface area contributed by atoms with E-state index in [2.05, 4.69) is 63.8 Å². The molecule has 2 atom stereocenters. The highest BCUT2D eigenvalue weighted by Gasteiger charge is 2.38. The third kappa shape index (κ3) is 8.99. The van der Waals surface area contributed by atoms with Gasteiger partial charge in [-0.3, -0.25) is 24.6 Å². The Morgan fingerprint density at radius 1 is 0.604 bits per heavy atom. The van der Waals surface area contributed by atoms with Gasteiger partial charge in [0.25, 0.3) is 0 Å². The number of piperazine rings is 2. The summed E-state index contributed by atoms with van der Waals surface area (Å²) < 4.78 is 12.5. The molecule has 2 saturated heterocycles. The Balaban J connectivity index is 1.17. The summed E-state index contributed by atoms with van der Waals surface area (Å²) in [7, 11) is 0. The Morgan fingerprint density at radius 2 is 1.04 bits per heavy atom. The van der Waals surface area contributed by atoms with Crippen LogP contribution in [0, 0.1) is 13.8 Å². The molecule has 2 aliphatic rings. The fraction of sp³-hybridized carbons (Fsp3) is 0.432. The van der Waals surface area contributed by atoms with Crippen LogP contribution in [0.1, 0.15) is 22.5 Å². The van der Waals surface area contributed by atoms with Gasteiger partial charge in [0.2, 0.25) is 0 Å². The predicted octanol–water partition coefficient (Wildman–Crippen LogP) is 3.57. The first-order valence-electron chi connectivity index (χ1n) is 16.9. The molecular formula is C37H46N8O3. The summed E-state index contributed by atoms with van der Waals surface area (Å²) in [6.45, 7) is 11.4. The Hall–Kier alpha value is -4.29. The summed E-state index contributed by atoms with van der Waals surface area (Å²) in [5.41, 5.74) is 3.96. The van der Waals surface area contributed by atoms with Crippen molar-refractivity contribution < 1.29 is 14.3 Å². The third-order valence-electron chi connectivity index (χ3n) is 9.11. The molecule has 0 aromatic carbocycles. The third-order valence-corrected chi connectivity index (χ3v) is 9.11. The quantitative estimate of drug-likeness (QED) is 0.200. The molecule has 11 nitrogen and oxygen atoms in total. The van der Waals surface area contributed by atoms with Crippen LogP contribution < -0.4 is 9.80 Å². The van der Waals surface area contributed by atoms with Crippen LogP contribution in [0.25, 0.3) is 0 Å². The van der Waals surface area contributed by atoms with E-state index in [4.69, 9.17) is 9.47 Å². The van der Waals surface area contributed by atoms with E-state index >= 15 is 0 Å². The number of hydrogen-bond donors (Lipinski definition) is 0. The van der Waals surface area contributed by atoms with Gasteiger partial charge in [0, 0.05) is 77.1 Å². The number of aromatic nitrogens is 4. The van der Waals surface area contributed by atoms with Crippen LogP contribution in [0.5, 0.6) is 0 Å². The second-order valence-electron chi connectivity index (χ2n) is 12.5. The molecule has 4 aromatic rings. The van der Waals surface area contributed by atoms with E-state index in [1.165, 1.54) is 0 Å². The number of ketones is 1. The van der Waals surface area contributed by atoms with Gasteiger partial charge in [-0.2, -0.15) is 0 Å². The first-order valence-corrected chi connectivity index (χ1v) is 16.9. The Morgan fingerprint density at radius 3 is 1.40 bits per heavy atom. The van der Waals surface area contributed by atoms with E-state index in [1.54, 1.807) is 12.4 Å². The molecule has 0 saturated carbocycles. The lowest BCUT2D eigenvalue weighted by Gasteiger charge is -2.43. The monoisotopic (exact) mass is 650 g/mol. The van der Waals surface area contributed by atoms with Crippen molar-refractivity contribution in [3.63, 3.8) is 0 Å². The van der Waals surface area contributed by atoms with E-state index in [1.807, 2.05) is 62.6 Å². The molecule has 6 rings (SSSR count). The van der Waals surface area contributed by atoms with Crippen LogP contribution >= 0.6 is 0 Å². The zero-order chi connectivity index (χ0) is 33.1. The maximum absolute atomic E-state index is 14.8. The lowest BCUT2D eigenvalue weighted by Crippen LogP contribution is -2.61. The molecular weight excluding hydrogens is 604 g/mol. The van der Waals surface area contributed by atoms with Crippen LogP contribution in [-0.4, -0.2) is 113 Å². The van der Waals surface area contributed by atoms with E-state index in [0.717, 1.165) is 86.5 Å². The predicted molar refractivity (Wildman–Crippen MR) is 186 cm³/mol. The second kappa shape index (κ2) is 16.7. The van der Waals surface area contributed by atoms with Gasteiger partial charge in [0.1, 0.15) is 11.6 Å². The van der Waals surface area contributed by atoms with Gasteiger partial charge in [0.15, 0.2) is 5.78 Å². The number of pyridine rings is 4. The first-order chi connectivity index (χ1) is 23.5. The van der Waals surface area contributed by atoms with Gasteiger partial charge < -0.3 is 19.3 Å². The van der Waals surface area contributed by atoms with Crippen molar-refractivity contribution in [3.8, 4) is 0 Å². The minimum atomic E-state index is -0.429. The average Bonchev–Trinajstić information content (AvgIpc) is 3.14. The van der Waals surface area contributed by atoms with Crippen molar-refractivity contribution in [2.24, 2.45) is 0 Å². The molecule has 0 aliphatic carbocycles. The van der Waals surface area contributed by atoms with Crippen molar-refractivity contribution >= 4 is 17.4 Å². The summed E-state index contributed by atoms with van der Waals surface area (Å²) in [5, 5.41) is 0. The van der Waals surface area contributed by atoms with Gasteiger partial charge in [-0.1, -0.05) is 24.3 Å². The van der Waals surface area contributed by atoms with Crippen LogP contribution in [0.2, 0.25) is 0 Å². The molecule has 0 spiro atoms. The number of nitrogens with zero attached hydrogens (tertiary/aromatic N) is 8. The zero-order valence-corrected chi connectivity index (χ0v) is 28.0. The molecule has 2 unspecified atom stereocenters. The smallest absolute Gasteiger partial charge is 0.171 e. The zero-order valence-electron chi connectivity index (χ0n) is 28.0. The van der Waals surface area contributed by atoms with E-state index in [9.17, 15) is 4.79 Å². The number of anilines is 2. The molecule has 2 aliphatic heterocycles. The molecule has 11 heteroatoms. The van der Waals surface area contributed by atoms with Gasteiger partial charge in [-0.25, -0.2) is 9.97 Å². The summed E-state index contributed by atoms with van der Waals surface area (Å²) in [5.74, 6) is 2.06. The maximum Gasteiger partial charge on any atom is 0.171 e. The summed E-state index contributed by atoms with van der Waals surface area (Å²) in [4.78, 5) is 42.0. The highest BCUT2D eigenvalue weighted by Crippen LogP contribution is 2.21. The molecule has 2 fully saturated rings.